The molecule has 6 heteroatoms. The first-order valence-corrected chi connectivity index (χ1v) is 7.02. The molecule has 0 bridgehead atoms. The Balaban J connectivity index is 1.62. The standard InChI is InChI=1S/C17H14FN3O2/c1-12-6-2-4-8-14(12)17-20-16(23-21-17)11-22-19-10-13-7-3-5-9-15(13)18/h2-10H,11H2,1H3/b19-10-. The largest absolute Gasteiger partial charge is 0.386 e. The van der Waals surface area contributed by atoms with Gasteiger partial charge in [-0.1, -0.05) is 52.8 Å². The summed E-state index contributed by atoms with van der Waals surface area (Å²) in [6, 6.07) is 14.0. The van der Waals surface area contributed by atoms with Gasteiger partial charge in [-0.25, -0.2) is 4.39 Å². The predicted octanol–water partition coefficient (Wildman–Crippen LogP) is 3.73. The fraction of sp³-hybridized carbons (Fsp3) is 0.118. The molecule has 0 amide bonds. The molecule has 3 aromatic rings. The van der Waals surface area contributed by atoms with Gasteiger partial charge in [-0.05, 0) is 18.6 Å². The van der Waals surface area contributed by atoms with Gasteiger partial charge >= 0.3 is 0 Å². The average molecular weight is 311 g/mol. The second kappa shape index (κ2) is 6.83. The number of benzene rings is 2. The molecule has 3 rings (SSSR count). The highest BCUT2D eigenvalue weighted by Crippen LogP contribution is 2.19. The van der Waals surface area contributed by atoms with Crippen molar-refractivity contribution in [3.63, 3.8) is 0 Å². The Hall–Kier alpha value is -3.02. The summed E-state index contributed by atoms with van der Waals surface area (Å²) in [7, 11) is 0. The van der Waals surface area contributed by atoms with Crippen molar-refractivity contribution in [1.82, 2.24) is 10.1 Å². The summed E-state index contributed by atoms with van der Waals surface area (Å²) in [5, 5.41) is 7.62. The molecule has 116 valence electrons. The van der Waals surface area contributed by atoms with Gasteiger partial charge < -0.3 is 9.36 Å². The number of aromatic nitrogens is 2. The summed E-state index contributed by atoms with van der Waals surface area (Å²) in [4.78, 5) is 9.32. The molecule has 0 N–H and O–H groups in total. The zero-order valence-corrected chi connectivity index (χ0v) is 12.4. The number of nitrogens with zero attached hydrogens (tertiary/aromatic N) is 3. The van der Waals surface area contributed by atoms with E-state index in [-0.39, 0.29) is 12.4 Å². The lowest BCUT2D eigenvalue weighted by atomic mass is 10.1. The van der Waals surface area contributed by atoms with Crippen molar-refractivity contribution in [3.05, 3.63) is 71.4 Å². The summed E-state index contributed by atoms with van der Waals surface area (Å²) in [5.74, 6) is 0.438. The lowest BCUT2D eigenvalue weighted by Gasteiger charge is -1.98. The summed E-state index contributed by atoms with van der Waals surface area (Å²) in [6.07, 6.45) is 1.30. The van der Waals surface area contributed by atoms with E-state index in [4.69, 9.17) is 9.36 Å². The molecule has 0 saturated heterocycles. The Kier molecular flexibility index (Phi) is 4.42. The summed E-state index contributed by atoms with van der Waals surface area (Å²) in [6.45, 7) is 1.99. The van der Waals surface area contributed by atoms with E-state index in [2.05, 4.69) is 15.3 Å². The molecule has 0 atom stereocenters. The number of aryl methyl sites for hydroxylation is 1. The number of hydrogen-bond acceptors (Lipinski definition) is 5. The van der Waals surface area contributed by atoms with Crippen LogP contribution < -0.4 is 0 Å². The normalized spacial score (nSPS) is 11.0. The zero-order valence-electron chi connectivity index (χ0n) is 12.4. The molecule has 1 heterocycles. The Labute approximate surface area is 132 Å². The Morgan fingerprint density at radius 1 is 1.17 bits per heavy atom. The van der Waals surface area contributed by atoms with Crippen LogP contribution in [0, 0.1) is 12.7 Å². The highest BCUT2D eigenvalue weighted by Gasteiger charge is 2.10. The van der Waals surface area contributed by atoms with Crippen LogP contribution in [0.2, 0.25) is 0 Å². The van der Waals surface area contributed by atoms with Crippen molar-refractivity contribution in [2.24, 2.45) is 5.16 Å². The van der Waals surface area contributed by atoms with Crippen molar-refractivity contribution >= 4 is 6.21 Å². The average Bonchev–Trinajstić information content (AvgIpc) is 3.02. The molecule has 1 aromatic heterocycles. The predicted molar refractivity (Wildman–Crippen MR) is 83.3 cm³/mol. The van der Waals surface area contributed by atoms with E-state index in [1.165, 1.54) is 12.3 Å². The van der Waals surface area contributed by atoms with Crippen LogP contribution in [0.4, 0.5) is 4.39 Å². The van der Waals surface area contributed by atoms with Crippen LogP contribution in [-0.4, -0.2) is 16.4 Å². The highest BCUT2D eigenvalue weighted by molar-refractivity contribution is 5.79. The fourth-order valence-corrected chi connectivity index (χ4v) is 2.01. The molecule has 23 heavy (non-hydrogen) atoms. The number of rotatable bonds is 5. The first-order valence-electron chi connectivity index (χ1n) is 7.02. The summed E-state index contributed by atoms with van der Waals surface area (Å²) < 4.78 is 18.5. The first kappa shape index (κ1) is 14.9. The second-order valence-corrected chi connectivity index (χ2v) is 4.86. The smallest absolute Gasteiger partial charge is 0.267 e. The molecular weight excluding hydrogens is 297 g/mol. The van der Waals surface area contributed by atoms with Crippen LogP contribution in [0.5, 0.6) is 0 Å². The minimum atomic E-state index is -0.362. The lowest BCUT2D eigenvalue weighted by molar-refractivity contribution is 0.107. The molecule has 0 radical (unpaired) electrons. The molecule has 0 fully saturated rings. The van der Waals surface area contributed by atoms with E-state index in [1.54, 1.807) is 18.2 Å². The van der Waals surface area contributed by atoms with Gasteiger partial charge in [0.1, 0.15) is 5.82 Å². The number of oxime groups is 1. The van der Waals surface area contributed by atoms with Gasteiger partial charge in [0.05, 0.1) is 6.21 Å². The van der Waals surface area contributed by atoms with E-state index >= 15 is 0 Å². The van der Waals surface area contributed by atoms with Gasteiger partial charge in [0.2, 0.25) is 5.82 Å². The maximum Gasteiger partial charge on any atom is 0.267 e. The minimum absolute atomic E-state index is 0.0177. The Bertz CT molecular complexity index is 830. The molecule has 0 unspecified atom stereocenters. The van der Waals surface area contributed by atoms with E-state index in [0.717, 1.165) is 11.1 Å². The molecule has 0 saturated carbocycles. The van der Waals surface area contributed by atoms with Crippen LogP contribution in [0.1, 0.15) is 17.0 Å². The van der Waals surface area contributed by atoms with Crippen LogP contribution in [0.3, 0.4) is 0 Å². The SMILES string of the molecule is Cc1ccccc1-c1noc(CO/N=C\c2ccccc2F)n1. The van der Waals surface area contributed by atoms with E-state index in [0.29, 0.717) is 17.3 Å². The van der Waals surface area contributed by atoms with E-state index in [1.807, 2.05) is 31.2 Å². The molecule has 0 aliphatic carbocycles. The van der Waals surface area contributed by atoms with Crippen LogP contribution in [-0.2, 0) is 11.4 Å². The minimum Gasteiger partial charge on any atom is -0.386 e. The first-order chi connectivity index (χ1) is 11.2. The summed E-state index contributed by atoms with van der Waals surface area (Å²) in [5.41, 5.74) is 2.30. The molecule has 0 aliphatic rings. The van der Waals surface area contributed by atoms with Gasteiger partial charge in [-0.2, -0.15) is 4.98 Å². The maximum atomic E-state index is 13.4. The number of hydrogen-bond donors (Lipinski definition) is 0. The maximum absolute atomic E-state index is 13.4. The third-order valence-corrected chi connectivity index (χ3v) is 3.21. The topological polar surface area (TPSA) is 60.5 Å². The van der Waals surface area contributed by atoms with Crippen molar-refractivity contribution in [2.75, 3.05) is 0 Å². The molecule has 0 spiro atoms. The Morgan fingerprint density at radius 3 is 2.78 bits per heavy atom. The molecular formula is C17H14FN3O2. The van der Waals surface area contributed by atoms with Gasteiger partial charge in [-0.15, -0.1) is 0 Å². The van der Waals surface area contributed by atoms with Crippen LogP contribution in [0.15, 0.2) is 58.2 Å². The van der Waals surface area contributed by atoms with Crippen molar-refractivity contribution in [3.8, 4) is 11.4 Å². The van der Waals surface area contributed by atoms with E-state index in [9.17, 15) is 4.39 Å². The van der Waals surface area contributed by atoms with E-state index < -0.39 is 0 Å². The monoisotopic (exact) mass is 311 g/mol. The summed E-state index contributed by atoms with van der Waals surface area (Å²) >= 11 is 0. The highest BCUT2D eigenvalue weighted by atomic mass is 19.1. The van der Waals surface area contributed by atoms with Gasteiger partial charge in [0.15, 0.2) is 6.61 Å². The fourth-order valence-electron chi connectivity index (χ4n) is 2.01. The molecule has 0 aliphatic heterocycles. The number of halogens is 1. The molecule has 2 aromatic carbocycles. The van der Waals surface area contributed by atoms with Crippen molar-refractivity contribution < 1.29 is 13.8 Å². The molecule has 5 nitrogen and oxygen atoms in total. The van der Waals surface area contributed by atoms with Crippen molar-refractivity contribution in [2.45, 2.75) is 13.5 Å². The third-order valence-electron chi connectivity index (χ3n) is 3.21. The van der Waals surface area contributed by atoms with Gasteiger partial charge in [0.25, 0.3) is 5.89 Å². The zero-order chi connectivity index (χ0) is 16.1. The lowest BCUT2D eigenvalue weighted by Crippen LogP contribution is -1.91. The Morgan fingerprint density at radius 2 is 1.96 bits per heavy atom. The van der Waals surface area contributed by atoms with Crippen molar-refractivity contribution in [1.29, 1.82) is 0 Å². The van der Waals surface area contributed by atoms with Crippen LogP contribution in [0.25, 0.3) is 11.4 Å². The third kappa shape index (κ3) is 3.60. The second-order valence-electron chi connectivity index (χ2n) is 4.86. The van der Waals surface area contributed by atoms with Crippen LogP contribution >= 0.6 is 0 Å². The quantitative estimate of drug-likeness (QED) is 0.532. The van der Waals surface area contributed by atoms with Gasteiger partial charge in [0, 0.05) is 11.1 Å². The van der Waals surface area contributed by atoms with Gasteiger partial charge in [-0.3, -0.25) is 0 Å².